The third kappa shape index (κ3) is 3.27. The molecule has 2 nitrogen and oxygen atoms in total. The number of fused-ring (bicyclic) bond motifs is 3. The predicted molar refractivity (Wildman–Crippen MR) is 96.4 cm³/mol. The zero-order valence-corrected chi connectivity index (χ0v) is 15.3. The van der Waals surface area contributed by atoms with Gasteiger partial charge >= 0.3 is 0 Å². The maximum atomic E-state index is 11.6. The number of aryl methyl sites for hydroxylation is 2. The lowest BCUT2D eigenvalue weighted by atomic mass is 9.90. The van der Waals surface area contributed by atoms with Crippen LogP contribution in [0.15, 0.2) is 36.1 Å². The van der Waals surface area contributed by atoms with Crippen LogP contribution >= 0.6 is 51.5 Å². The van der Waals surface area contributed by atoms with Gasteiger partial charge in [0.2, 0.25) is 0 Å². The summed E-state index contributed by atoms with van der Waals surface area (Å²) in [7, 11) is 0. The summed E-state index contributed by atoms with van der Waals surface area (Å²) in [6.45, 7) is 0. The van der Waals surface area contributed by atoms with Crippen molar-refractivity contribution in [2.75, 3.05) is 0 Å². The van der Waals surface area contributed by atoms with Crippen LogP contribution in [0.3, 0.4) is 0 Å². The summed E-state index contributed by atoms with van der Waals surface area (Å²) in [5.74, 6) is -2.04. The van der Waals surface area contributed by atoms with E-state index in [0.717, 1.165) is 29.7 Å². The first-order chi connectivity index (χ1) is 10.4. The molecule has 1 aromatic heterocycles. The Morgan fingerprint density at radius 2 is 1.82 bits per heavy atom. The predicted octanol–water partition coefficient (Wildman–Crippen LogP) is 6.83. The van der Waals surface area contributed by atoms with Gasteiger partial charge in [-0.3, -0.25) is 4.57 Å². The van der Waals surface area contributed by atoms with Gasteiger partial charge in [0.15, 0.2) is 0 Å². The lowest BCUT2D eigenvalue weighted by Gasteiger charge is -2.19. The van der Waals surface area contributed by atoms with Gasteiger partial charge in [0.25, 0.3) is 5.85 Å². The maximum absolute atomic E-state index is 11.6. The summed E-state index contributed by atoms with van der Waals surface area (Å²) in [6.07, 6.45) is 3.46. The van der Waals surface area contributed by atoms with Crippen molar-refractivity contribution in [3.05, 3.63) is 53.0 Å². The highest BCUT2D eigenvalue weighted by Gasteiger charge is 2.24. The molecule has 0 fully saturated rings. The lowest BCUT2D eigenvalue weighted by molar-refractivity contribution is 0.597. The topological polar surface area (TPSA) is 22.0 Å². The zero-order chi connectivity index (χ0) is 15.9. The van der Waals surface area contributed by atoms with E-state index in [9.17, 15) is 4.57 Å². The number of halogens is 4. The van der Waals surface area contributed by atoms with Crippen LogP contribution in [0.1, 0.15) is 21.7 Å². The lowest BCUT2D eigenvalue weighted by Crippen LogP contribution is -2.05. The molecule has 1 aromatic carbocycles. The molecule has 1 heterocycles. The van der Waals surface area contributed by atoms with E-state index >= 15 is 0 Å². The SMILES string of the molecule is O=P(Cl)(Cl)/C=C/n1c(C(Cl)Cl)cc2c1-c1ccccc1CC2. The number of hydrogen-bond donors (Lipinski definition) is 0. The van der Waals surface area contributed by atoms with Gasteiger partial charge in [0, 0.05) is 17.6 Å². The molecule has 0 saturated heterocycles. The maximum Gasteiger partial charge on any atom is 0.276 e. The Morgan fingerprint density at radius 1 is 1.14 bits per heavy atom. The monoisotopic (exact) mass is 393 g/mol. The molecule has 0 unspecified atom stereocenters. The first-order valence-electron chi connectivity index (χ1n) is 6.65. The minimum atomic E-state index is -3.32. The quantitative estimate of drug-likeness (QED) is 0.413. The van der Waals surface area contributed by atoms with Gasteiger partial charge in [0.05, 0.1) is 11.4 Å². The summed E-state index contributed by atoms with van der Waals surface area (Å²) < 4.78 is 13.4. The number of alkyl halides is 2. The third-order valence-electron chi connectivity index (χ3n) is 3.69. The molecule has 0 saturated carbocycles. The van der Waals surface area contributed by atoms with Gasteiger partial charge < -0.3 is 4.57 Å². The van der Waals surface area contributed by atoms with Gasteiger partial charge in [-0.2, -0.15) is 0 Å². The van der Waals surface area contributed by atoms with Gasteiger partial charge in [-0.25, -0.2) is 0 Å². The van der Waals surface area contributed by atoms with Gasteiger partial charge in [-0.05, 0) is 52.5 Å². The molecule has 3 rings (SSSR count). The summed E-state index contributed by atoms with van der Waals surface area (Å²) in [4.78, 5) is -0.701. The normalized spacial score (nSPS) is 14.4. The van der Waals surface area contributed by atoms with Crippen LogP contribution in [-0.4, -0.2) is 4.57 Å². The summed E-state index contributed by atoms with van der Waals surface area (Å²) in [6, 6.07) is 10.1. The standard InChI is InChI=1S/C15H12Cl4NOP/c16-15(17)13-9-11-6-5-10-3-1-2-4-12(10)14(11)20(13)7-8-22(18,19)21/h1-4,7-9,15H,5-6H2/b8-7+. The van der Waals surface area contributed by atoms with Gasteiger partial charge in [-0.1, -0.05) is 47.5 Å². The van der Waals surface area contributed by atoms with Crippen LogP contribution in [0.5, 0.6) is 0 Å². The Kier molecular flexibility index (Phi) is 4.69. The fourth-order valence-corrected chi connectivity index (χ4v) is 3.73. The van der Waals surface area contributed by atoms with E-state index in [-0.39, 0.29) is 0 Å². The summed E-state index contributed by atoms with van der Waals surface area (Å²) in [5.41, 5.74) is 5.25. The third-order valence-corrected chi connectivity index (χ3v) is 5.30. The van der Waals surface area contributed by atoms with Gasteiger partial charge in [0.1, 0.15) is 4.84 Å². The number of benzene rings is 1. The Bertz CT molecular complexity index is 791. The fourth-order valence-electron chi connectivity index (χ4n) is 2.81. The first-order valence-corrected chi connectivity index (χ1v) is 11.1. The van der Waals surface area contributed by atoms with Gasteiger partial charge in [-0.15, -0.1) is 0 Å². The molecular weight excluding hydrogens is 383 g/mol. The van der Waals surface area contributed by atoms with E-state index in [4.69, 9.17) is 45.7 Å². The Morgan fingerprint density at radius 3 is 2.50 bits per heavy atom. The molecule has 0 amide bonds. The number of hydrogen-bond acceptors (Lipinski definition) is 1. The van der Waals surface area contributed by atoms with Crippen molar-refractivity contribution in [3.8, 4) is 11.3 Å². The molecule has 116 valence electrons. The van der Waals surface area contributed by atoms with E-state index in [2.05, 4.69) is 12.1 Å². The molecule has 1 aliphatic rings. The van der Waals surface area contributed by atoms with E-state index in [1.54, 1.807) is 6.20 Å². The number of aromatic nitrogens is 1. The highest BCUT2D eigenvalue weighted by Crippen LogP contribution is 2.58. The summed E-state index contributed by atoms with van der Waals surface area (Å²) >= 11 is 23.4. The van der Waals surface area contributed by atoms with Crippen molar-refractivity contribution >= 4 is 57.7 Å². The molecule has 0 spiro atoms. The van der Waals surface area contributed by atoms with E-state index in [0.29, 0.717) is 5.69 Å². The highest BCUT2D eigenvalue weighted by atomic mass is 35.9. The fraction of sp³-hybridized carbons (Fsp3) is 0.200. The van der Waals surface area contributed by atoms with Crippen molar-refractivity contribution in [1.29, 1.82) is 0 Å². The van der Waals surface area contributed by atoms with E-state index < -0.39 is 10.7 Å². The minimum Gasteiger partial charge on any atom is -0.317 e. The Hall–Kier alpha value is -0.370. The summed E-state index contributed by atoms with van der Waals surface area (Å²) in [5, 5.41) is 0. The number of rotatable bonds is 3. The van der Waals surface area contributed by atoms with Crippen molar-refractivity contribution in [2.45, 2.75) is 17.7 Å². The first kappa shape index (κ1) is 16.5. The molecule has 22 heavy (non-hydrogen) atoms. The van der Waals surface area contributed by atoms with Crippen LogP contribution in [0, 0.1) is 0 Å². The van der Waals surface area contributed by atoms with Crippen molar-refractivity contribution < 1.29 is 4.57 Å². The molecule has 0 N–H and O–H groups in total. The zero-order valence-electron chi connectivity index (χ0n) is 11.3. The molecule has 0 atom stereocenters. The van der Waals surface area contributed by atoms with Crippen molar-refractivity contribution in [3.63, 3.8) is 0 Å². The second-order valence-corrected chi connectivity index (χ2v) is 11.0. The van der Waals surface area contributed by atoms with Crippen LogP contribution in [-0.2, 0) is 17.4 Å². The molecule has 0 radical (unpaired) electrons. The minimum absolute atomic E-state index is 0.701. The van der Waals surface area contributed by atoms with Crippen molar-refractivity contribution in [2.24, 2.45) is 0 Å². The van der Waals surface area contributed by atoms with Crippen LogP contribution in [0.4, 0.5) is 0 Å². The highest BCUT2D eigenvalue weighted by molar-refractivity contribution is 8.10. The average molecular weight is 395 g/mol. The Balaban J connectivity index is 2.23. The molecule has 2 aromatic rings. The largest absolute Gasteiger partial charge is 0.317 e. The van der Waals surface area contributed by atoms with Crippen LogP contribution in [0.2, 0.25) is 0 Å². The second-order valence-electron chi connectivity index (χ2n) is 5.07. The van der Waals surface area contributed by atoms with E-state index in [1.807, 2.05) is 22.8 Å². The molecule has 7 heteroatoms. The second kappa shape index (κ2) is 6.26. The number of nitrogens with zero attached hydrogens (tertiary/aromatic N) is 1. The molecule has 0 bridgehead atoms. The Labute approximate surface area is 148 Å². The molecule has 0 aliphatic heterocycles. The van der Waals surface area contributed by atoms with Crippen molar-refractivity contribution in [1.82, 2.24) is 4.57 Å². The van der Waals surface area contributed by atoms with Crippen LogP contribution < -0.4 is 0 Å². The molecular formula is C15H12Cl4NOP. The van der Waals surface area contributed by atoms with E-state index in [1.165, 1.54) is 11.4 Å². The average Bonchev–Trinajstić information content (AvgIpc) is 2.83. The molecule has 1 aliphatic carbocycles. The smallest absolute Gasteiger partial charge is 0.276 e. The van der Waals surface area contributed by atoms with Crippen LogP contribution in [0.25, 0.3) is 17.5 Å².